The summed E-state index contributed by atoms with van der Waals surface area (Å²) in [5.74, 6) is -0.369. The highest BCUT2D eigenvalue weighted by molar-refractivity contribution is 7.80. The number of carbonyl (C=O) groups excluding carboxylic acids is 3. The van der Waals surface area contributed by atoms with Gasteiger partial charge in [-0.15, -0.1) is 12.6 Å². The topological polar surface area (TPSA) is 102 Å². The first kappa shape index (κ1) is 27.5. The summed E-state index contributed by atoms with van der Waals surface area (Å²) in [6, 6.07) is 23.4. The van der Waals surface area contributed by atoms with Gasteiger partial charge < -0.3 is 20.9 Å². The number of anilines is 1. The Morgan fingerprint density at radius 2 is 1.73 bits per heavy atom. The first-order valence-corrected chi connectivity index (χ1v) is 13.9. The zero-order valence-electron chi connectivity index (χ0n) is 22.4. The number of piperazine rings is 1. The average molecular weight is 559 g/mol. The van der Waals surface area contributed by atoms with E-state index in [1.807, 2.05) is 84.7 Å². The molecule has 4 amide bonds. The number of urea groups is 1. The van der Waals surface area contributed by atoms with Gasteiger partial charge >= 0.3 is 6.03 Å². The lowest BCUT2D eigenvalue weighted by molar-refractivity contribution is -0.158. The van der Waals surface area contributed by atoms with Crippen LogP contribution in [-0.2, 0) is 22.7 Å². The van der Waals surface area contributed by atoms with Crippen molar-refractivity contribution in [2.24, 2.45) is 0 Å². The Morgan fingerprint density at radius 3 is 2.42 bits per heavy atom. The van der Waals surface area contributed by atoms with Crippen molar-refractivity contribution < 1.29 is 14.4 Å². The van der Waals surface area contributed by atoms with Gasteiger partial charge in [0.1, 0.15) is 12.2 Å². The molecule has 0 saturated carbocycles. The van der Waals surface area contributed by atoms with Crippen LogP contribution in [0.5, 0.6) is 0 Å². The molecule has 2 saturated heterocycles. The Hall–Kier alpha value is -4.02. The van der Waals surface area contributed by atoms with Crippen molar-refractivity contribution in [2.75, 3.05) is 25.4 Å². The normalized spacial score (nSPS) is 19.1. The highest BCUT2D eigenvalue weighted by Crippen LogP contribution is 2.37. The lowest BCUT2D eigenvalue weighted by Gasteiger charge is -2.46. The van der Waals surface area contributed by atoms with Gasteiger partial charge in [0.15, 0.2) is 0 Å². The van der Waals surface area contributed by atoms with Gasteiger partial charge in [-0.2, -0.15) is 5.01 Å². The molecular weight excluding hydrogens is 524 g/mol. The third-order valence-corrected chi connectivity index (χ3v) is 7.90. The number of benzene rings is 3. The first-order chi connectivity index (χ1) is 19.4. The van der Waals surface area contributed by atoms with E-state index in [1.54, 1.807) is 20.9 Å². The van der Waals surface area contributed by atoms with Crippen molar-refractivity contribution in [1.82, 2.24) is 25.1 Å². The fourth-order valence-electron chi connectivity index (χ4n) is 5.41. The summed E-state index contributed by atoms with van der Waals surface area (Å²) in [5, 5.41) is 6.42. The maximum absolute atomic E-state index is 14.0. The van der Waals surface area contributed by atoms with Crippen LogP contribution in [0.3, 0.4) is 0 Å². The number of hydrogen-bond acceptors (Lipinski definition) is 6. The molecule has 0 spiro atoms. The molecule has 0 unspecified atom stereocenters. The summed E-state index contributed by atoms with van der Waals surface area (Å²) in [5.41, 5.74) is 9.15. The van der Waals surface area contributed by atoms with Crippen molar-refractivity contribution in [1.29, 1.82) is 0 Å². The molecule has 0 aromatic heterocycles. The molecule has 0 radical (unpaired) electrons. The Kier molecular flexibility index (Phi) is 8.27. The van der Waals surface area contributed by atoms with Gasteiger partial charge in [0.25, 0.3) is 5.91 Å². The molecule has 2 aliphatic heterocycles. The molecule has 3 aromatic rings. The predicted molar refractivity (Wildman–Crippen MR) is 156 cm³/mol. The van der Waals surface area contributed by atoms with Crippen LogP contribution in [0.4, 0.5) is 10.5 Å². The van der Waals surface area contributed by atoms with Crippen molar-refractivity contribution in [3.8, 4) is 0 Å². The number of amides is 4. The van der Waals surface area contributed by atoms with Gasteiger partial charge in [-0.25, -0.2) is 4.79 Å². The summed E-state index contributed by atoms with van der Waals surface area (Å²) >= 11 is 4.58. The lowest BCUT2D eigenvalue weighted by Crippen LogP contribution is -2.62. The van der Waals surface area contributed by atoms with E-state index in [2.05, 4.69) is 17.9 Å². The van der Waals surface area contributed by atoms with E-state index in [0.29, 0.717) is 30.1 Å². The predicted octanol–water partition coefficient (Wildman–Crippen LogP) is 3.65. The Morgan fingerprint density at radius 1 is 1.02 bits per heavy atom. The summed E-state index contributed by atoms with van der Waals surface area (Å²) in [6.07, 6.45) is 0.182. The summed E-state index contributed by atoms with van der Waals surface area (Å²) in [6.45, 7) is 3.31. The molecule has 10 heteroatoms. The number of carbonyl (C=O) groups is 3. The number of rotatable bonds is 8. The second-order valence-electron chi connectivity index (χ2n) is 10.0. The number of nitrogens with two attached hydrogens (primary N) is 1. The highest BCUT2D eigenvalue weighted by atomic mass is 32.1. The van der Waals surface area contributed by atoms with Gasteiger partial charge in [0, 0.05) is 30.2 Å². The number of nitrogen functional groups attached to an aromatic ring is 1. The maximum Gasteiger partial charge on any atom is 0.332 e. The second kappa shape index (κ2) is 12.0. The summed E-state index contributed by atoms with van der Waals surface area (Å²) < 4.78 is 0. The van der Waals surface area contributed by atoms with E-state index in [0.717, 1.165) is 16.7 Å². The van der Waals surface area contributed by atoms with Gasteiger partial charge in [-0.1, -0.05) is 79.7 Å². The lowest BCUT2D eigenvalue weighted by atomic mass is 10.00. The molecule has 0 aliphatic carbocycles. The molecule has 3 N–H and O–H groups in total. The number of fused-ring (bicyclic) bond motifs is 1. The van der Waals surface area contributed by atoms with Crippen LogP contribution in [0.25, 0.3) is 0 Å². The average Bonchev–Trinajstić information content (AvgIpc) is 3.29. The van der Waals surface area contributed by atoms with Crippen LogP contribution >= 0.6 is 12.6 Å². The summed E-state index contributed by atoms with van der Waals surface area (Å²) in [7, 11) is 0. The van der Waals surface area contributed by atoms with Crippen molar-refractivity contribution in [3.05, 3.63) is 95.6 Å². The molecular formula is C30H34N6O3S. The van der Waals surface area contributed by atoms with E-state index >= 15 is 0 Å². The fourth-order valence-corrected chi connectivity index (χ4v) is 5.63. The Bertz CT molecular complexity index is 1370. The monoisotopic (exact) mass is 558 g/mol. The molecule has 0 bridgehead atoms. The maximum atomic E-state index is 14.0. The number of nitrogens with zero attached hydrogens (tertiary/aromatic N) is 4. The number of nitrogens with one attached hydrogen (secondary N) is 1. The highest BCUT2D eigenvalue weighted by Gasteiger charge is 2.52. The third-order valence-electron chi connectivity index (χ3n) is 7.35. The van der Waals surface area contributed by atoms with Crippen LogP contribution in [0.2, 0.25) is 0 Å². The van der Waals surface area contributed by atoms with Gasteiger partial charge in [0.2, 0.25) is 5.91 Å². The molecule has 9 nitrogen and oxygen atoms in total. The number of hydrogen-bond donors (Lipinski definition) is 3. The standard InChI is InChI=1S/C30H34N6O3S/c1-2-16-34(30(39)32-17-21-10-5-3-6-11-21)35-20-26(37)36-25(35)19-33(18-23-14-9-15-24(31)28(23)40)29(38)27(36)22-12-7-4-8-13-22/h3-15,25,27,40H,2,16-20,31H2,1H3,(H,32,39)/t25-,27+/m1/s1. The molecule has 208 valence electrons. The van der Waals surface area contributed by atoms with E-state index in [-0.39, 0.29) is 37.5 Å². The molecule has 3 aromatic carbocycles. The van der Waals surface area contributed by atoms with Crippen LogP contribution in [0.15, 0.2) is 83.8 Å². The van der Waals surface area contributed by atoms with E-state index < -0.39 is 12.2 Å². The quantitative estimate of drug-likeness (QED) is 0.289. The van der Waals surface area contributed by atoms with E-state index in [9.17, 15) is 14.4 Å². The number of hydrazine groups is 1. The smallest absolute Gasteiger partial charge is 0.332 e. The summed E-state index contributed by atoms with van der Waals surface area (Å²) in [4.78, 5) is 45.0. The second-order valence-corrected chi connectivity index (χ2v) is 10.5. The zero-order valence-corrected chi connectivity index (χ0v) is 23.3. The molecule has 5 rings (SSSR count). The van der Waals surface area contributed by atoms with Crippen molar-refractivity contribution >= 4 is 36.2 Å². The minimum atomic E-state index is -0.808. The molecule has 40 heavy (non-hydrogen) atoms. The van der Waals surface area contributed by atoms with Crippen LogP contribution in [-0.4, -0.2) is 63.5 Å². The molecule has 2 atom stereocenters. The van der Waals surface area contributed by atoms with Gasteiger partial charge in [0.05, 0.1) is 13.1 Å². The third kappa shape index (κ3) is 5.50. The van der Waals surface area contributed by atoms with Crippen LogP contribution in [0, 0.1) is 0 Å². The van der Waals surface area contributed by atoms with Gasteiger partial charge in [-0.3, -0.25) is 14.6 Å². The van der Waals surface area contributed by atoms with Crippen LogP contribution < -0.4 is 11.1 Å². The first-order valence-electron chi connectivity index (χ1n) is 13.5. The number of thiol groups is 1. The fraction of sp³-hybridized carbons (Fsp3) is 0.300. The minimum absolute atomic E-state index is 0.00395. The molecule has 2 heterocycles. The molecule has 2 fully saturated rings. The van der Waals surface area contributed by atoms with Crippen molar-refractivity contribution in [3.63, 3.8) is 0 Å². The van der Waals surface area contributed by atoms with E-state index in [1.165, 1.54) is 0 Å². The van der Waals surface area contributed by atoms with Gasteiger partial charge in [-0.05, 0) is 29.2 Å². The van der Waals surface area contributed by atoms with E-state index in [4.69, 9.17) is 5.73 Å². The Balaban J connectivity index is 1.46. The van der Waals surface area contributed by atoms with Crippen LogP contribution in [0.1, 0.15) is 36.1 Å². The molecule has 2 aliphatic rings. The Labute approximate surface area is 239 Å². The van der Waals surface area contributed by atoms with Crippen molar-refractivity contribution in [2.45, 2.75) is 43.5 Å². The zero-order chi connectivity index (χ0) is 28.2. The minimum Gasteiger partial charge on any atom is -0.398 e. The largest absolute Gasteiger partial charge is 0.398 e. The SMILES string of the molecule is CCCN(C(=O)NCc1ccccc1)N1CC(=O)N2[C@@H](c3ccccc3)C(=O)N(Cc3cccc(N)c3S)C[C@@H]21.